The Kier molecular flexibility index (Phi) is 4.03. The lowest BCUT2D eigenvalue weighted by Crippen LogP contribution is -2.13. The van der Waals surface area contributed by atoms with Crippen LogP contribution in [0.2, 0.25) is 0 Å². The largest absolute Gasteiger partial charge is 0.497 e. The predicted octanol–water partition coefficient (Wildman–Crippen LogP) is 3.02. The molecule has 0 aliphatic carbocycles. The lowest BCUT2D eigenvalue weighted by Gasteiger charge is -2.01. The van der Waals surface area contributed by atoms with Gasteiger partial charge in [-0.05, 0) is 31.2 Å². The number of aryl methyl sites for hydroxylation is 1. The molecule has 1 aromatic carbocycles. The molecule has 2 aromatic heterocycles. The van der Waals surface area contributed by atoms with Crippen LogP contribution in [0.5, 0.6) is 5.75 Å². The summed E-state index contributed by atoms with van der Waals surface area (Å²) in [5, 5.41) is 16.4. The number of anilines is 1. The molecule has 7 nitrogen and oxygen atoms in total. The molecule has 0 atom stereocenters. The monoisotopic (exact) mass is 322 g/mol. The molecular weight excluding hydrogens is 308 g/mol. The molecule has 2 heterocycles. The Hall–Kier alpha value is -3.53. The van der Waals surface area contributed by atoms with Gasteiger partial charge in [0.25, 0.3) is 5.91 Å². The van der Waals surface area contributed by atoms with Crippen LogP contribution in [0.15, 0.2) is 40.6 Å². The maximum Gasteiger partial charge on any atom is 0.267 e. The van der Waals surface area contributed by atoms with Crippen molar-refractivity contribution in [3.8, 4) is 11.8 Å². The fourth-order valence-corrected chi connectivity index (χ4v) is 2.28. The SMILES string of the molecule is COc1ccc2[nH]cc(/C=C(\C#N)C(=O)Nc3cc(C)on3)c2c1. The van der Waals surface area contributed by atoms with Gasteiger partial charge in [-0.3, -0.25) is 4.79 Å². The number of nitriles is 1. The van der Waals surface area contributed by atoms with Crippen molar-refractivity contribution in [2.75, 3.05) is 12.4 Å². The number of nitrogens with zero attached hydrogens (tertiary/aromatic N) is 2. The molecule has 1 amide bonds. The van der Waals surface area contributed by atoms with E-state index in [4.69, 9.17) is 9.26 Å². The number of fused-ring (bicyclic) bond motifs is 1. The zero-order valence-electron chi connectivity index (χ0n) is 13.1. The first-order valence-corrected chi connectivity index (χ1v) is 7.12. The summed E-state index contributed by atoms with van der Waals surface area (Å²) >= 11 is 0. The minimum Gasteiger partial charge on any atom is -0.497 e. The summed E-state index contributed by atoms with van der Waals surface area (Å²) in [4.78, 5) is 15.3. The van der Waals surface area contributed by atoms with Crippen molar-refractivity contribution >= 4 is 28.7 Å². The van der Waals surface area contributed by atoms with E-state index in [-0.39, 0.29) is 11.4 Å². The Bertz CT molecular complexity index is 975. The first kappa shape index (κ1) is 15.4. The van der Waals surface area contributed by atoms with E-state index < -0.39 is 5.91 Å². The third-order valence-corrected chi connectivity index (χ3v) is 3.46. The molecule has 24 heavy (non-hydrogen) atoms. The first-order chi connectivity index (χ1) is 11.6. The van der Waals surface area contributed by atoms with Gasteiger partial charge in [-0.2, -0.15) is 5.26 Å². The van der Waals surface area contributed by atoms with Crippen molar-refractivity contribution < 1.29 is 14.1 Å². The van der Waals surface area contributed by atoms with Crippen molar-refractivity contribution in [3.63, 3.8) is 0 Å². The molecule has 0 aliphatic rings. The van der Waals surface area contributed by atoms with Gasteiger partial charge < -0.3 is 19.6 Å². The highest BCUT2D eigenvalue weighted by atomic mass is 16.5. The number of nitrogens with one attached hydrogen (secondary N) is 2. The normalized spacial score (nSPS) is 11.3. The van der Waals surface area contributed by atoms with Crippen LogP contribution in [0.1, 0.15) is 11.3 Å². The minimum atomic E-state index is -0.553. The third kappa shape index (κ3) is 2.98. The molecular formula is C17H14N4O3. The van der Waals surface area contributed by atoms with E-state index in [9.17, 15) is 10.1 Å². The maximum atomic E-state index is 12.2. The van der Waals surface area contributed by atoms with Crippen LogP contribution >= 0.6 is 0 Å². The van der Waals surface area contributed by atoms with Crippen molar-refractivity contribution in [1.82, 2.24) is 10.1 Å². The Morgan fingerprint density at radius 3 is 2.96 bits per heavy atom. The predicted molar refractivity (Wildman–Crippen MR) is 88.3 cm³/mol. The molecule has 0 radical (unpaired) electrons. The molecule has 3 rings (SSSR count). The number of carbonyl (C=O) groups excluding carboxylic acids is 1. The second-order valence-corrected chi connectivity index (χ2v) is 5.10. The summed E-state index contributed by atoms with van der Waals surface area (Å²) in [6, 6.07) is 9.02. The van der Waals surface area contributed by atoms with Gasteiger partial charge in [0.1, 0.15) is 23.2 Å². The molecule has 120 valence electrons. The van der Waals surface area contributed by atoms with Gasteiger partial charge >= 0.3 is 0 Å². The van der Waals surface area contributed by atoms with Gasteiger partial charge in [-0.25, -0.2) is 0 Å². The number of carbonyl (C=O) groups is 1. The number of amides is 1. The van der Waals surface area contributed by atoms with Crippen LogP contribution in [0.3, 0.4) is 0 Å². The summed E-state index contributed by atoms with van der Waals surface area (Å²) in [6.07, 6.45) is 3.25. The zero-order chi connectivity index (χ0) is 17.1. The standard InChI is InChI=1S/C17H14N4O3/c1-10-5-16(21-24-10)20-17(22)11(8-18)6-12-9-19-15-4-3-13(23-2)7-14(12)15/h3-7,9,19H,1-2H3,(H,20,21,22)/b11-6+. The Balaban J connectivity index is 1.93. The van der Waals surface area contributed by atoms with Crippen LogP contribution in [-0.2, 0) is 4.79 Å². The van der Waals surface area contributed by atoms with Crippen molar-refractivity contribution in [2.24, 2.45) is 0 Å². The Labute approximate surface area is 137 Å². The first-order valence-electron chi connectivity index (χ1n) is 7.12. The second-order valence-electron chi connectivity index (χ2n) is 5.10. The summed E-state index contributed by atoms with van der Waals surface area (Å²) in [6.45, 7) is 1.71. The zero-order valence-corrected chi connectivity index (χ0v) is 13.1. The number of aromatic nitrogens is 2. The van der Waals surface area contributed by atoms with Crippen LogP contribution in [0, 0.1) is 18.3 Å². The minimum absolute atomic E-state index is 0.0422. The number of hydrogen-bond acceptors (Lipinski definition) is 5. The summed E-state index contributed by atoms with van der Waals surface area (Å²) in [7, 11) is 1.58. The van der Waals surface area contributed by atoms with Crippen LogP contribution in [-0.4, -0.2) is 23.2 Å². The van der Waals surface area contributed by atoms with Crippen molar-refractivity contribution in [1.29, 1.82) is 5.26 Å². The molecule has 0 saturated heterocycles. The average Bonchev–Trinajstić information content (AvgIpc) is 3.17. The van der Waals surface area contributed by atoms with Crippen molar-refractivity contribution in [2.45, 2.75) is 6.92 Å². The van der Waals surface area contributed by atoms with Gasteiger partial charge in [0.15, 0.2) is 5.82 Å². The van der Waals surface area contributed by atoms with E-state index >= 15 is 0 Å². The fourth-order valence-electron chi connectivity index (χ4n) is 2.28. The average molecular weight is 322 g/mol. The quantitative estimate of drug-likeness (QED) is 0.567. The molecule has 2 N–H and O–H groups in total. The molecule has 0 fully saturated rings. The van der Waals surface area contributed by atoms with Gasteiger partial charge in [-0.15, -0.1) is 0 Å². The number of methoxy groups -OCH3 is 1. The molecule has 0 unspecified atom stereocenters. The molecule has 0 aliphatic heterocycles. The molecule has 0 spiro atoms. The van der Waals surface area contributed by atoms with Gasteiger partial charge in [0, 0.05) is 28.7 Å². The van der Waals surface area contributed by atoms with E-state index in [1.807, 2.05) is 24.3 Å². The highest BCUT2D eigenvalue weighted by molar-refractivity contribution is 6.10. The van der Waals surface area contributed by atoms with Crippen molar-refractivity contribution in [3.05, 3.63) is 47.4 Å². The Morgan fingerprint density at radius 1 is 1.46 bits per heavy atom. The van der Waals surface area contributed by atoms with Gasteiger partial charge in [-0.1, -0.05) is 5.16 Å². The number of rotatable bonds is 4. The number of ether oxygens (including phenoxy) is 1. The second kappa shape index (κ2) is 6.30. The number of H-pyrrole nitrogens is 1. The highest BCUT2D eigenvalue weighted by Crippen LogP contribution is 2.25. The van der Waals surface area contributed by atoms with Gasteiger partial charge in [0.05, 0.1) is 7.11 Å². The van der Waals surface area contributed by atoms with E-state index in [2.05, 4.69) is 15.5 Å². The molecule has 3 aromatic rings. The van der Waals surface area contributed by atoms with E-state index in [0.29, 0.717) is 17.1 Å². The molecule has 7 heteroatoms. The number of aromatic amines is 1. The summed E-state index contributed by atoms with van der Waals surface area (Å²) < 4.78 is 10.1. The summed E-state index contributed by atoms with van der Waals surface area (Å²) in [5.74, 6) is 0.969. The maximum absolute atomic E-state index is 12.2. The topological polar surface area (TPSA) is 104 Å². The number of benzene rings is 1. The lowest BCUT2D eigenvalue weighted by molar-refractivity contribution is -0.112. The highest BCUT2D eigenvalue weighted by Gasteiger charge is 2.13. The summed E-state index contributed by atoms with van der Waals surface area (Å²) in [5.41, 5.74) is 1.55. The third-order valence-electron chi connectivity index (χ3n) is 3.46. The van der Waals surface area contributed by atoms with Crippen LogP contribution < -0.4 is 10.1 Å². The van der Waals surface area contributed by atoms with Crippen LogP contribution in [0.25, 0.3) is 17.0 Å². The number of hydrogen-bond donors (Lipinski definition) is 2. The van der Waals surface area contributed by atoms with E-state index in [1.54, 1.807) is 26.3 Å². The smallest absolute Gasteiger partial charge is 0.267 e. The van der Waals surface area contributed by atoms with E-state index in [1.165, 1.54) is 6.08 Å². The Morgan fingerprint density at radius 2 is 2.29 bits per heavy atom. The van der Waals surface area contributed by atoms with Crippen LogP contribution in [0.4, 0.5) is 5.82 Å². The molecule has 0 saturated carbocycles. The fraction of sp³-hybridized carbons (Fsp3) is 0.118. The van der Waals surface area contributed by atoms with Gasteiger partial charge in [0.2, 0.25) is 0 Å². The molecule has 0 bridgehead atoms. The van der Waals surface area contributed by atoms with E-state index in [0.717, 1.165) is 10.9 Å². The lowest BCUT2D eigenvalue weighted by atomic mass is 10.1.